The number of hydrogen-bond donors (Lipinski definition) is 0. The first-order chi connectivity index (χ1) is 10.2. The summed E-state index contributed by atoms with van der Waals surface area (Å²) in [4.78, 5) is 12.3. The highest BCUT2D eigenvalue weighted by molar-refractivity contribution is 5.78. The molecule has 5 nitrogen and oxygen atoms in total. The van der Waals surface area contributed by atoms with E-state index >= 15 is 0 Å². The number of nitrogens with zero attached hydrogens (tertiary/aromatic N) is 4. The van der Waals surface area contributed by atoms with Gasteiger partial charge in [-0.3, -0.25) is 0 Å². The first-order valence-corrected chi connectivity index (χ1v) is 6.80. The van der Waals surface area contributed by atoms with Gasteiger partial charge in [0.1, 0.15) is 0 Å². The lowest BCUT2D eigenvalue weighted by Gasteiger charge is -2.02. The Labute approximate surface area is 122 Å². The fourth-order valence-corrected chi connectivity index (χ4v) is 2.26. The minimum Gasteiger partial charge on any atom is -0.244 e. The summed E-state index contributed by atoms with van der Waals surface area (Å²) in [5, 5.41) is 8.43. The van der Waals surface area contributed by atoms with Gasteiger partial charge in [0.25, 0.3) is 0 Å². The van der Waals surface area contributed by atoms with Crippen molar-refractivity contribution >= 4 is 6.03 Å². The summed E-state index contributed by atoms with van der Waals surface area (Å²) in [6, 6.07) is 11.6. The molecule has 2 aromatic heterocycles. The first kappa shape index (κ1) is 13.3. The SMILES string of the molecule is Cc1c(Cc2ccccc2)nn(C(=O)n2cccn2)c1C. The van der Waals surface area contributed by atoms with Gasteiger partial charge < -0.3 is 0 Å². The predicted octanol–water partition coefficient (Wildman–Crippen LogP) is 2.80. The van der Waals surface area contributed by atoms with E-state index in [1.807, 2.05) is 32.0 Å². The van der Waals surface area contributed by atoms with Crippen LogP contribution in [0.25, 0.3) is 0 Å². The molecule has 0 amide bonds. The topological polar surface area (TPSA) is 52.7 Å². The lowest BCUT2D eigenvalue weighted by Crippen LogP contribution is -2.22. The third-order valence-electron chi connectivity index (χ3n) is 3.61. The summed E-state index contributed by atoms with van der Waals surface area (Å²) in [6.45, 7) is 3.89. The Morgan fingerprint density at radius 3 is 2.57 bits per heavy atom. The molecule has 0 radical (unpaired) electrons. The Hall–Kier alpha value is -2.69. The zero-order chi connectivity index (χ0) is 14.8. The molecule has 0 aliphatic carbocycles. The lowest BCUT2D eigenvalue weighted by atomic mass is 10.1. The third-order valence-corrected chi connectivity index (χ3v) is 3.61. The van der Waals surface area contributed by atoms with Crippen molar-refractivity contribution in [2.45, 2.75) is 20.3 Å². The van der Waals surface area contributed by atoms with Crippen LogP contribution in [0, 0.1) is 13.8 Å². The van der Waals surface area contributed by atoms with Crippen LogP contribution >= 0.6 is 0 Å². The predicted molar refractivity (Wildman–Crippen MR) is 79.4 cm³/mol. The molecular formula is C16H16N4O. The van der Waals surface area contributed by atoms with Crippen LogP contribution in [0.3, 0.4) is 0 Å². The van der Waals surface area contributed by atoms with Crippen molar-refractivity contribution in [1.29, 1.82) is 0 Å². The molecule has 21 heavy (non-hydrogen) atoms. The second-order valence-corrected chi connectivity index (χ2v) is 4.96. The van der Waals surface area contributed by atoms with Crippen LogP contribution in [0.1, 0.15) is 22.5 Å². The maximum atomic E-state index is 12.3. The van der Waals surface area contributed by atoms with E-state index in [1.54, 1.807) is 18.5 Å². The molecule has 0 saturated carbocycles. The van der Waals surface area contributed by atoms with Crippen molar-refractivity contribution in [2.24, 2.45) is 0 Å². The van der Waals surface area contributed by atoms with Crippen LogP contribution in [-0.2, 0) is 6.42 Å². The van der Waals surface area contributed by atoms with Crippen LogP contribution < -0.4 is 0 Å². The van der Waals surface area contributed by atoms with E-state index < -0.39 is 0 Å². The Morgan fingerprint density at radius 1 is 1.14 bits per heavy atom. The number of carbonyl (C=O) groups is 1. The Bertz CT molecular complexity index is 757. The molecule has 0 fully saturated rings. The van der Waals surface area contributed by atoms with Gasteiger partial charge in [0.2, 0.25) is 0 Å². The molecule has 2 heterocycles. The average Bonchev–Trinajstić information content (AvgIpc) is 3.12. The molecule has 0 unspecified atom stereocenters. The van der Waals surface area contributed by atoms with Crippen LogP contribution in [0.2, 0.25) is 0 Å². The summed E-state index contributed by atoms with van der Waals surface area (Å²) >= 11 is 0. The summed E-state index contributed by atoms with van der Waals surface area (Å²) < 4.78 is 2.70. The van der Waals surface area contributed by atoms with Gasteiger partial charge in [0, 0.05) is 24.5 Å². The molecule has 106 valence electrons. The van der Waals surface area contributed by atoms with Crippen LogP contribution in [-0.4, -0.2) is 25.6 Å². The zero-order valence-electron chi connectivity index (χ0n) is 12.0. The maximum Gasteiger partial charge on any atom is 0.369 e. The normalized spacial score (nSPS) is 10.8. The second-order valence-electron chi connectivity index (χ2n) is 4.96. The highest BCUT2D eigenvalue weighted by Crippen LogP contribution is 2.16. The Kier molecular flexibility index (Phi) is 3.39. The quantitative estimate of drug-likeness (QED) is 0.725. The molecule has 0 atom stereocenters. The van der Waals surface area contributed by atoms with Crippen molar-refractivity contribution in [3.63, 3.8) is 0 Å². The molecule has 0 spiro atoms. The van der Waals surface area contributed by atoms with Crippen molar-refractivity contribution in [3.05, 3.63) is 71.3 Å². The van der Waals surface area contributed by atoms with E-state index in [0.717, 1.165) is 17.0 Å². The van der Waals surface area contributed by atoms with Gasteiger partial charge in [-0.1, -0.05) is 30.3 Å². The molecule has 3 aromatic rings. The number of hydrogen-bond acceptors (Lipinski definition) is 3. The maximum absolute atomic E-state index is 12.3. The minimum absolute atomic E-state index is 0.264. The molecule has 3 rings (SSSR count). The smallest absolute Gasteiger partial charge is 0.244 e. The average molecular weight is 280 g/mol. The highest BCUT2D eigenvalue weighted by Gasteiger charge is 2.17. The summed E-state index contributed by atoms with van der Waals surface area (Å²) in [5.41, 5.74) is 3.98. The zero-order valence-corrected chi connectivity index (χ0v) is 12.0. The van der Waals surface area contributed by atoms with Crippen LogP contribution in [0.4, 0.5) is 4.79 Å². The van der Waals surface area contributed by atoms with E-state index in [2.05, 4.69) is 22.3 Å². The van der Waals surface area contributed by atoms with Gasteiger partial charge >= 0.3 is 6.03 Å². The third kappa shape index (κ3) is 2.50. The summed E-state index contributed by atoms with van der Waals surface area (Å²) in [6.07, 6.45) is 3.91. The molecule has 0 N–H and O–H groups in total. The van der Waals surface area contributed by atoms with Gasteiger partial charge in [-0.15, -0.1) is 0 Å². The fraction of sp³-hybridized carbons (Fsp3) is 0.188. The van der Waals surface area contributed by atoms with Gasteiger partial charge in [-0.2, -0.15) is 19.6 Å². The van der Waals surface area contributed by atoms with Crippen molar-refractivity contribution in [1.82, 2.24) is 19.6 Å². The van der Waals surface area contributed by atoms with Crippen molar-refractivity contribution in [3.8, 4) is 0 Å². The van der Waals surface area contributed by atoms with Crippen LogP contribution in [0.15, 0.2) is 48.8 Å². The summed E-state index contributed by atoms with van der Waals surface area (Å²) in [7, 11) is 0. The highest BCUT2D eigenvalue weighted by atomic mass is 16.2. The standard InChI is InChI=1S/C16H16N4O/c1-12-13(2)20(16(21)19-10-6-9-17-19)18-15(12)11-14-7-4-3-5-8-14/h3-10H,11H2,1-2H3. The van der Waals surface area contributed by atoms with Gasteiger partial charge in [-0.25, -0.2) is 4.79 Å². The molecule has 0 saturated heterocycles. The van der Waals surface area contributed by atoms with E-state index in [9.17, 15) is 4.79 Å². The molecule has 0 bridgehead atoms. The molecule has 1 aromatic carbocycles. The molecule has 5 heteroatoms. The van der Waals surface area contributed by atoms with E-state index in [1.165, 1.54) is 14.9 Å². The molecule has 0 aliphatic rings. The largest absolute Gasteiger partial charge is 0.369 e. The Balaban J connectivity index is 1.94. The number of rotatable bonds is 2. The van der Waals surface area contributed by atoms with Gasteiger partial charge in [0.05, 0.1) is 5.69 Å². The fourth-order valence-electron chi connectivity index (χ4n) is 2.26. The molecular weight excluding hydrogens is 264 g/mol. The first-order valence-electron chi connectivity index (χ1n) is 6.80. The monoisotopic (exact) mass is 280 g/mol. The lowest BCUT2D eigenvalue weighted by molar-refractivity contribution is 0.237. The summed E-state index contributed by atoms with van der Waals surface area (Å²) in [5.74, 6) is 0. The number of aromatic nitrogens is 4. The van der Waals surface area contributed by atoms with E-state index in [-0.39, 0.29) is 6.03 Å². The minimum atomic E-state index is -0.264. The number of carbonyl (C=O) groups excluding carboxylic acids is 1. The second kappa shape index (κ2) is 5.36. The van der Waals surface area contributed by atoms with Gasteiger partial charge in [-0.05, 0) is 31.0 Å². The number of benzene rings is 1. The van der Waals surface area contributed by atoms with Gasteiger partial charge in [0.15, 0.2) is 0 Å². The van der Waals surface area contributed by atoms with Crippen LogP contribution in [0.5, 0.6) is 0 Å². The van der Waals surface area contributed by atoms with E-state index in [4.69, 9.17) is 0 Å². The van der Waals surface area contributed by atoms with E-state index in [0.29, 0.717) is 6.42 Å². The van der Waals surface area contributed by atoms with Crippen molar-refractivity contribution in [2.75, 3.05) is 0 Å². The van der Waals surface area contributed by atoms with Crippen molar-refractivity contribution < 1.29 is 4.79 Å². The Morgan fingerprint density at radius 2 is 1.90 bits per heavy atom. The molecule has 0 aliphatic heterocycles.